The van der Waals surface area contributed by atoms with Crippen LogP contribution < -0.4 is 5.73 Å². The van der Waals surface area contributed by atoms with E-state index in [1.165, 1.54) is 0 Å². The molecule has 0 atom stereocenters. The highest BCUT2D eigenvalue weighted by atomic mass is 15.3. The lowest BCUT2D eigenvalue weighted by Gasteiger charge is -2.00. The number of aromatic amines is 1. The molecular formula is C14H17N5. The van der Waals surface area contributed by atoms with Crippen molar-refractivity contribution in [2.45, 2.75) is 26.9 Å². The van der Waals surface area contributed by atoms with Crippen LogP contribution in [0.3, 0.4) is 0 Å². The lowest BCUT2D eigenvalue weighted by atomic mass is 10.2. The van der Waals surface area contributed by atoms with Crippen molar-refractivity contribution in [2.75, 3.05) is 0 Å². The molecule has 0 fully saturated rings. The zero-order valence-electron chi connectivity index (χ0n) is 11.1. The number of nitrogens with two attached hydrogens (primary N) is 1. The Morgan fingerprint density at radius 3 is 2.89 bits per heavy atom. The quantitative estimate of drug-likeness (QED) is 0.753. The minimum absolute atomic E-state index is 0.538. The van der Waals surface area contributed by atoms with Crippen molar-refractivity contribution in [3.8, 4) is 11.5 Å². The summed E-state index contributed by atoms with van der Waals surface area (Å²) >= 11 is 0. The first-order valence-electron chi connectivity index (χ1n) is 6.44. The Labute approximate surface area is 111 Å². The molecule has 5 nitrogen and oxygen atoms in total. The number of nitrogens with zero attached hydrogens (tertiary/aromatic N) is 3. The van der Waals surface area contributed by atoms with Gasteiger partial charge in [0.25, 0.3) is 0 Å². The second-order valence-corrected chi connectivity index (χ2v) is 4.63. The Bertz CT molecular complexity index is 723. The van der Waals surface area contributed by atoms with Crippen molar-refractivity contribution in [2.24, 2.45) is 5.73 Å². The van der Waals surface area contributed by atoms with Crippen LogP contribution in [0, 0.1) is 6.92 Å². The largest absolute Gasteiger partial charge is 0.337 e. The van der Waals surface area contributed by atoms with Crippen molar-refractivity contribution in [3.63, 3.8) is 0 Å². The van der Waals surface area contributed by atoms with Crippen LogP contribution >= 0.6 is 0 Å². The molecule has 19 heavy (non-hydrogen) atoms. The summed E-state index contributed by atoms with van der Waals surface area (Å²) in [5, 5.41) is 4.45. The number of aromatic nitrogens is 4. The van der Waals surface area contributed by atoms with Gasteiger partial charge < -0.3 is 10.7 Å². The topological polar surface area (TPSA) is 72.5 Å². The van der Waals surface area contributed by atoms with Gasteiger partial charge in [0.05, 0.1) is 16.7 Å². The maximum absolute atomic E-state index is 5.66. The zero-order chi connectivity index (χ0) is 13.4. The smallest absolute Gasteiger partial charge is 0.156 e. The third-order valence-electron chi connectivity index (χ3n) is 3.23. The summed E-state index contributed by atoms with van der Waals surface area (Å²) < 4.78 is 1.96. The molecule has 98 valence electrons. The average Bonchev–Trinajstić information content (AvgIpc) is 3.00. The van der Waals surface area contributed by atoms with Gasteiger partial charge in [0.15, 0.2) is 5.82 Å². The van der Waals surface area contributed by atoms with Crippen LogP contribution in [0.4, 0.5) is 0 Å². The lowest BCUT2D eigenvalue weighted by molar-refractivity contribution is 0.658. The van der Waals surface area contributed by atoms with Crippen molar-refractivity contribution in [3.05, 3.63) is 35.5 Å². The lowest BCUT2D eigenvalue weighted by Crippen LogP contribution is -1.99. The van der Waals surface area contributed by atoms with Crippen LogP contribution in [0.2, 0.25) is 0 Å². The molecule has 0 radical (unpaired) electrons. The number of hydrogen-bond acceptors (Lipinski definition) is 3. The number of aryl methyl sites for hydroxylation is 2. The second kappa shape index (κ2) is 4.51. The number of hydrogen-bond donors (Lipinski definition) is 2. The molecule has 3 N–H and O–H groups in total. The fourth-order valence-corrected chi connectivity index (χ4v) is 2.28. The standard InChI is InChI=1S/C14H17N5/c1-3-19-13(6-9(2)18-19)14-16-11-5-4-10(8-15)7-12(11)17-14/h4-7H,3,8,15H2,1-2H3,(H,16,17). The van der Waals surface area contributed by atoms with Crippen LogP contribution in [0.1, 0.15) is 18.2 Å². The van der Waals surface area contributed by atoms with E-state index in [4.69, 9.17) is 5.73 Å². The van der Waals surface area contributed by atoms with Gasteiger partial charge in [0.1, 0.15) is 5.69 Å². The summed E-state index contributed by atoms with van der Waals surface area (Å²) in [4.78, 5) is 7.97. The Morgan fingerprint density at radius 2 is 2.16 bits per heavy atom. The van der Waals surface area contributed by atoms with Crippen molar-refractivity contribution in [1.82, 2.24) is 19.7 Å². The molecule has 0 saturated carbocycles. The number of nitrogens with one attached hydrogen (secondary N) is 1. The molecule has 1 aromatic carbocycles. The van der Waals surface area contributed by atoms with E-state index in [-0.39, 0.29) is 0 Å². The Kier molecular flexibility index (Phi) is 2.83. The number of H-pyrrole nitrogens is 1. The summed E-state index contributed by atoms with van der Waals surface area (Å²) in [6, 6.07) is 8.10. The molecule has 0 bridgehead atoms. The first-order valence-corrected chi connectivity index (χ1v) is 6.44. The minimum atomic E-state index is 0.538. The van der Waals surface area contributed by atoms with Gasteiger partial charge in [-0.1, -0.05) is 6.07 Å². The highest BCUT2D eigenvalue weighted by molar-refractivity contribution is 5.79. The third-order valence-corrected chi connectivity index (χ3v) is 3.23. The van der Waals surface area contributed by atoms with Gasteiger partial charge in [-0.25, -0.2) is 4.98 Å². The molecule has 0 aliphatic heterocycles. The molecular weight excluding hydrogens is 238 g/mol. The summed E-state index contributed by atoms with van der Waals surface area (Å²) in [6.07, 6.45) is 0. The molecule has 3 rings (SSSR count). The molecule has 0 amide bonds. The van der Waals surface area contributed by atoms with Gasteiger partial charge in [-0.3, -0.25) is 4.68 Å². The van der Waals surface area contributed by atoms with Crippen molar-refractivity contribution < 1.29 is 0 Å². The van der Waals surface area contributed by atoms with Gasteiger partial charge in [-0.05, 0) is 37.6 Å². The predicted molar refractivity (Wildman–Crippen MR) is 75.6 cm³/mol. The molecule has 0 spiro atoms. The van der Waals surface area contributed by atoms with Gasteiger partial charge in [0, 0.05) is 13.1 Å². The number of fused-ring (bicyclic) bond motifs is 1. The molecule has 0 aliphatic carbocycles. The van der Waals surface area contributed by atoms with E-state index in [0.29, 0.717) is 6.54 Å². The second-order valence-electron chi connectivity index (χ2n) is 4.63. The fraction of sp³-hybridized carbons (Fsp3) is 0.286. The number of imidazole rings is 1. The monoisotopic (exact) mass is 255 g/mol. The van der Waals surface area contributed by atoms with E-state index in [2.05, 4.69) is 22.0 Å². The first-order chi connectivity index (χ1) is 9.21. The zero-order valence-corrected chi connectivity index (χ0v) is 11.1. The first kappa shape index (κ1) is 11.9. The summed E-state index contributed by atoms with van der Waals surface area (Å²) in [5.41, 5.74) is 10.7. The molecule has 2 heterocycles. The van der Waals surface area contributed by atoms with Gasteiger partial charge in [0.2, 0.25) is 0 Å². The van der Waals surface area contributed by atoms with Crippen LogP contribution in [-0.4, -0.2) is 19.7 Å². The highest BCUT2D eigenvalue weighted by Crippen LogP contribution is 2.22. The highest BCUT2D eigenvalue weighted by Gasteiger charge is 2.11. The van der Waals surface area contributed by atoms with E-state index in [9.17, 15) is 0 Å². The van der Waals surface area contributed by atoms with E-state index < -0.39 is 0 Å². The van der Waals surface area contributed by atoms with Gasteiger partial charge >= 0.3 is 0 Å². The van der Waals surface area contributed by atoms with Crippen LogP contribution in [0.25, 0.3) is 22.6 Å². The van der Waals surface area contributed by atoms with Crippen LogP contribution in [0.15, 0.2) is 24.3 Å². The predicted octanol–water partition coefficient (Wildman–Crippen LogP) is 2.21. The Balaban J connectivity index is 2.14. The van der Waals surface area contributed by atoms with Crippen molar-refractivity contribution >= 4 is 11.0 Å². The van der Waals surface area contributed by atoms with Crippen molar-refractivity contribution in [1.29, 1.82) is 0 Å². The normalized spacial score (nSPS) is 11.3. The maximum atomic E-state index is 5.66. The molecule has 0 saturated heterocycles. The number of rotatable bonds is 3. The maximum Gasteiger partial charge on any atom is 0.156 e. The van der Waals surface area contributed by atoms with E-state index in [0.717, 1.165) is 40.4 Å². The SMILES string of the molecule is CCn1nc(C)cc1-c1nc2ccc(CN)cc2[nH]1. The van der Waals surface area contributed by atoms with E-state index in [1.54, 1.807) is 0 Å². The summed E-state index contributed by atoms with van der Waals surface area (Å²) in [5.74, 6) is 0.853. The fourth-order valence-electron chi connectivity index (χ4n) is 2.28. The summed E-state index contributed by atoms with van der Waals surface area (Å²) in [7, 11) is 0. The third kappa shape index (κ3) is 2.02. The molecule has 0 unspecified atom stereocenters. The van der Waals surface area contributed by atoms with E-state index >= 15 is 0 Å². The molecule has 3 aromatic rings. The molecule has 5 heteroatoms. The molecule has 0 aliphatic rings. The molecule has 2 aromatic heterocycles. The van der Waals surface area contributed by atoms with Crippen LogP contribution in [-0.2, 0) is 13.1 Å². The van der Waals surface area contributed by atoms with Crippen LogP contribution in [0.5, 0.6) is 0 Å². The minimum Gasteiger partial charge on any atom is -0.337 e. The number of benzene rings is 1. The van der Waals surface area contributed by atoms with Gasteiger partial charge in [-0.15, -0.1) is 0 Å². The average molecular weight is 255 g/mol. The van der Waals surface area contributed by atoms with Gasteiger partial charge in [-0.2, -0.15) is 5.10 Å². The Morgan fingerprint density at radius 1 is 1.32 bits per heavy atom. The Hall–Kier alpha value is -2.14. The summed E-state index contributed by atoms with van der Waals surface area (Å²) in [6.45, 7) is 5.43. The van der Waals surface area contributed by atoms with E-state index in [1.807, 2.05) is 35.9 Å².